The van der Waals surface area contributed by atoms with Gasteiger partial charge in [-0.05, 0) is 41.5 Å². The van der Waals surface area contributed by atoms with E-state index in [1.54, 1.807) is 54.9 Å². The number of aromatic nitrogens is 2. The maximum absolute atomic E-state index is 12.2. The predicted octanol–water partition coefficient (Wildman–Crippen LogP) is 3.43. The Morgan fingerprint density at radius 3 is 2.21 bits per heavy atom. The van der Waals surface area contributed by atoms with E-state index in [2.05, 4.69) is 20.8 Å². The molecule has 28 heavy (non-hydrogen) atoms. The smallest absolute Gasteiger partial charge is 0.269 e. The molecule has 0 bridgehead atoms. The second kappa shape index (κ2) is 9.87. The van der Waals surface area contributed by atoms with E-state index in [4.69, 9.17) is 11.6 Å². The molecular formula is C20H17ClN4O2S. The minimum absolute atomic E-state index is 0.148. The molecule has 2 amide bonds. The van der Waals surface area contributed by atoms with Crippen molar-refractivity contribution in [1.29, 1.82) is 0 Å². The Morgan fingerprint density at radius 2 is 1.54 bits per heavy atom. The van der Waals surface area contributed by atoms with Gasteiger partial charge in [-0.2, -0.15) is 0 Å². The highest BCUT2D eigenvalue weighted by atomic mass is 35.5. The summed E-state index contributed by atoms with van der Waals surface area (Å²) in [5, 5.41) is 1.31. The van der Waals surface area contributed by atoms with Crippen molar-refractivity contribution in [3.05, 3.63) is 88.7 Å². The van der Waals surface area contributed by atoms with Crippen LogP contribution in [0.1, 0.15) is 21.5 Å². The number of rotatable bonds is 6. The Bertz CT molecular complexity index is 935. The first-order valence-corrected chi connectivity index (χ1v) is 9.79. The van der Waals surface area contributed by atoms with Gasteiger partial charge in [0.25, 0.3) is 5.91 Å². The number of carbonyl (C=O) groups is 2. The Morgan fingerprint density at radius 1 is 0.893 bits per heavy atom. The highest BCUT2D eigenvalue weighted by Crippen LogP contribution is 2.18. The van der Waals surface area contributed by atoms with Gasteiger partial charge in [-0.3, -0.25) is 20.4 Å². The number of benzene rings is 2. The summed E-state index contributed by atoms with van der Waals surface area (Å²) in [7, 11) is 0. The summed E-state index contributed by atoms with van der Waals surface area (Å²) in [6.45, 7) is 0. The van der Waals surface area contributed by atoms with Crippen LogP contribution in [0.4, 0.5) is 0 Å². The maximum atomic E-state index is 12.2. The number of thioether (sulfide) groups is 1. The third-order valence-corrected chi connectivity index (χ3v) is 4.92. The molecule has 0 fully saturated rings. The molecule has 0 saturated heterocycles. The van der Waals surface area contributed by atoms with E-state index in [9.17, 15) is 9.59 Å². The van der Waals surface area contributed by atoms with Crippen LogP contribution in [0.3, 0.4) is 0 Å². The molecule has 0 spiro atoms. The molecule has 0 aliphatic carbocycles. The molecule has 8 heteroatoms. The molecule has 2 N–H and O–H groups in total. The van der Waals surface area contributed by atoms with Crippen LogP contribution in [0, 0.1) is 0 Å². The third kappa shape index (κ3) is 6.07. The van der Waals surface area contributed by atoms with Gasteiger partial charge < -0.3 is 0 Å². The quantitative estimate of drug-likeness (QED) is 0.368. The standard InChI is InChI=1S/C20H17ClN4O2S/c21-17-8-4-14(5-9-17)12-18(26)24-25-19(27)16-6-2-15(3-7-16)13-28-20-22-10-1-11-23-20/h1-11H,12-13H2,(H,24,26)(H,25,27). The van der Waals surface area contributed by atoms with Gasteiger partial charge in [-0.25, -0.2) is 9.97 Å². The summed E-state index contributed by atoms with van der Waals surface area (Å²) in [6, 6.07) is 15.9. The lowest BCUT2D eigenvalue weighted by Gasteiger charge is -2.08. The molecule has 3 aromatic rings. The number of carbonyl (C=O) groups excluding carboxylic acids is 2. The highest BCUT2D eigenvalue weighted by Gasteiger charge is 2.08. The van der Waals surface area contributed by atoms with Gasteiger partial charge in [0.05, 0.1) is 6.42 Å². The lowest BCUT2D eigenvalue weighted by atomic mass is 10.1. The summed E-state index contributed by atoms with van der Waals surface area (Å²) in [5.74, 6) is 0.00520. The molecule has 142 valence electrons. The molecule has 0 atom stereocenters. The van der Waals surface area contributed by atoms with Gasteiger partial charge >= 0.3 is 0 Å². The third-order valence-electron chi connectivity index (χ3n) is 3.72. The average molecular weight is 413 g/mol. The molecule has 0 aliphatic rings. The summed E-state index contributed by atoms with van der Waals surface area (Å²) in [4.78, 5) is 32.4. The van der Waals surface area contributed by atoms with Crippen molar-refractivity contribution in [1.82, 2.24) is 20.8 Å². The fraction of sp³-hybridized carbons (Fsp3) is 0.100. The first-order chi connectivity index (χ1) is 13.6. The van der Waals surface area contributed by atoms with Gasteiger partial charge in [-0.1, -0.05) is 47.6 Å². The van der Waals surface area contributed by atoms with Crippen LogP contribution in [0.25, 0.3) is 0 Å². The molecule has 2 aromatic carbocycles. The zero-order valence-electron chi connectivity index (χ0n) is 14.8. The summed E-state index contributed by atoms with van der Waals surface area (Å²) >= 11 is 7.33. The average Bonchev–Trinajstić information content (AvgIpc) is 2.73. The molecule has 3 rings (SSSR count). The first kappa shape index (κ1) is 19.9. The van der Waals surface area contributed by atoms with Crippen molar-refractivity contribution in [2.24, 2.45) is 0 Å². The van der Waals surface area contributed by atoms with E-state index >= 15 is 0 Å². The minimum atomic E-state index is -0.380. The largest absolute Gasteiger partial charge is 0.273 e. The number of hydrogen-bond donors (Lipinski definition) is 2. The molecule has 0 unspecified atom stereocenters. The van der Waals surface area contributed by atoms with E-state index in [1.165, 1.54) is 11.8 Å². The molecule has 6 nitrogen and oxygen atoms in total. The maximum Gasteiger partial charge on any atom is 0.269 e. The van der Waals surface area contributed by atoms with Crippen molar-refractivity contribution < 1.29 is 9.59 Å². The van der Waals surface area contributed by atoms with E-state index in [1.807, 2.05) is 12.1 Å². The van der Waals surface area contributed by atoms with Crippen LogP contribution in [0.5, 0.6) is 0 Å². The lowest BCUT2D eigenvalue weighted by molar-refractivity contribution is -0.121. The molecule has 1 heterocycles. The Balaban J connectivity index is 1.46. The number of halogens is 1. The van der Waals surface area contributed by atoms with Crippen LogP contribution in [-0.4, -0.2) is 21.8 Å². The zero-order valence-corrected chi connectivity index (χ0v) is 16.3. The van der Waals surface area contributed by atoms with Gasteiger partial charge in [0, 0.05) is 28.7 Å². The predicted molar refractivity (Wildman–Crippen MR) is 109 cm³/mol. The lowest BCUT2D eigenvalue weighted by Crippen LogP contribution is -2.42. The fourth-order valence-corrected chi connectivity index (χ4v) is 3.18. The van der Waals surface area contributed by atoms with Crippen molar-refractivity contribution >= 4 is 35.2 Å². The van der Waals surface area contributed by atoms with Gasteiger partial charge in [-0.15, -0.1) is 0 Å². The molecule has 0 radical (unpaired) electrons. The van der Waals surface area contributed by atoms with Crippen molar-refractivity contribution in [2.75, 3.05) is 0 Å². The second-order valence-electron chi connectivity index (χ2n) is 5.82. The summed E-state index contributed by atoms with van der Waals surface area (Å²) in [6.07, 6.45) is 3.54. The topological polar surface area (TPSA) is 84.0 Å². The van der Waals surface area contributed by atoms with E-state index in [0.29, 0.717) is 21.5 Å². The van der Waals surface area contributed by atoms with Gasteiger partial charge in [0.1, 0.15) is 0 Å². The number of amides is 2. The van der Waals surface area contributed by atoms with Crippen molar-refractivity contribution in [3.8, 4) is 0 Å². The molecule has 1 aromatic heterocycles. The number of hydrazine groups is 1. The van der Waals surface area contributed by atoms with E-state index < -0.39 is 0 Å². The van der Waals surface area contributed by atoms with Crippen molar-refractivity contribution in [3.63, 3.8) is 0 Å². The first-order valence-electron chi connectivity index (χ1n) is 8.42. The molecule has 0 saturated carbocycles. The Kier molecular flexibility index (Phi) is 7.00. The Labute approximate surface area is 171 Å². The summed E-state index contributed by atoms with van der Waals surface area (Å²) in [5.41, 5.74) is 7.13. The number of nitrogens with one attached hydrogen (secondary N) is 2. The van der Waals surface area contributed by atoms with Gasteiger partial charge in [0.15, 0.2) is 5.16 Å². The van der Waals surface area contributed by atoms with Crippen LogP contribution < -0.4 is 10.9 Å². The molecule has 0 aliphatic heterocycles. The summed E-state index contributed by atoms with van der Waals surface area (Å²) < 4.78 is 0. The second-order valence-corrected chi connectivity index (χ2v) is 7.20. The van der Waals surface area contributed by atoms with Crippen molar-refractivity contribution in [2.45, 2.75) is 17.3 Å². The van der Waals surface area contributed by atoms with E-state index in [-0.39, 0.29) is 18.2 Å². The SMILES string of the molecule is O=C(Cc1ccc(Cl)cc1)NNC(=O)c1ccc(CSc2ncccn2)cc1. The zero-order chi connectivity index (χ0) is 19.8. The minimum Gasteiger partial charge on any atom is -0.273 e. The van der Waals surface area contributed by atoms with Crippen LogP contribution in [-0.2, 0) is 17.0 Å². The van der Waals surface area contributed by atoms with Crippen LogP contribution in [0.15, 0.2) is 72.1 Å². The number of nitrogens with zero attached hydrogens (tertiary/aromatic N) is 2. The fourth-order valence-electron chi connectivity index (χ4n) is 2.29. The highest BCUT2D eigenvalue weighted by molar-refractivity contribution is 7.98. The monoisotopic (exact) mass is 412 g/mol. The van der Waals surface area contributed by atoms with Crippen LogP contribution in [0.2, 0.25) is 5.02 Å². The Hall–Kier alpha value is -2.90. The normalized spacial score (nSPS) is 10.3. The van der Waals surface area contributed by atoms with Crippen LogP contribution >= 0.6 is 23.4 Å². The number of hydrogen-bond acceptors (Lipinski definition) is 5. The van der Waals surface area contributed by atoms with Gasteiger partial charge in [0.2, 0.25) is 5.91 Å². The molecular weight excluding hydrogens is 396 g/mol. The van der Waals surface area contributed by atoms with E-state index in [0.717, 1.165) is 11.1 Å².